The number of hydrogen-bond donors (Lipinski definition) is 1. The molecule has 142 valence electrons. The fraction of sp³-hybridized carbons (Fsp3) is 0.250. The highest BCUT2D eigenvalue weighted by atomic mass is 16.1. The molecular formula is C20H21N7O. The minimum Gasteiger partial charge on any atom is -0.352 e. The van der Waals surface area contributed by atoms with Crippen LogP contribution in [0, 0.1) is 0 Å². The van der Waals surface area contributed by atoms with E-state index in [-0.39, 0.29) is 5.91 Å². The van der Waals surface area contributed by atoms with Crippen molar-refractivity contribution in [3.63, 3.8) is 0 Å². The molecule has 0 atom stereocenters. The van der Waals surface area contributed by atoms with Crippen LogP contribution >= 0.6 is 0 Å². The van der Waals surface area contributed by atoms with Gasteiger partial charge in [0, 0.05) is 45.1 Å². The van der Waals surface area contributed by atoms with Gasteiger partial charge in [-0.1, -0.05) is 30.3 Å². The summed E-state index contributed by atoms with van der Waals surface area (Å²) in [7, 11) is 0. The number of benzene rings is 1. The summed E-state index contributed by atoms with van der Waals surface area (Å²) >= 11 is 0. The Bertz CT molecular complexity index is 895. The van der Waals surface area contributed by atoms with Crippen LogP contribution < -0.4 is 15.1 Å². The highest BCUT2D eigenvalue weighted by Gasteiger charge is 2.20. The molecule has 0 saturated carbocycles. The van der Waals surface area contributed by atoms with Crippen LogP contribution in [0.1, 0.15) is 16.1 Å². The first-order valence-corrected chi connectivity index (χ1v) is 9.22. The average Bonchev–Trinajstić information content (AvgIpc) is 2.79. The number of nitrogens with zero attached hydrogens (tertiary/aromatic N) is 6. The van der Waals surface area contributed by atoms with Gasteiger partial charge >= 0.3 is 0 Å². The Balaban J connectivity index is 1.31. The lowest BCUT2D eigenvalue weighted by molar-refractivity contribution is 0.0945. The Kier molecular flexibility index (Phi) is 5.37. The minimum atomic E-state index is -0.228. The number of anilines is 2. The molecule has 0 unspecified atom stereocenters. The summed E-state index contributed by atoms with van der Waals surface area (Å²) in [5.41, 5.74) is 1.36. The summed E-state index contributed by atoms with van der Waals surface area (Å²) in [6.45, 7) is 3.68. The van der Waals surface area contributed by atoms with Crippen LogP contribution in [0.3, 0.4) is 0 Å². The van der Waals surface area contributed by atoms with E-state index in [1.165, 1.54) is 0 Å². The number of rotatable bonds is 5. The lowest BCUT2D eigenvalue weighted by Gasteiger charge is -2.35. The molecule has 1 aliphatic rings. The summed E-state index contributed by atoms with van der Waals surface area (Å²) in [5, 5.41) is 11.2. The third-order valence-electron chi connectivity index (χ3n) is 4.62. The molecule has 8 nitrogen and oxygen atoms in total. The van der Waals surface area contributed by atoms with E-state index in [1.54, 1.807) is 18.5 Å². The van der Waals surface area contributed by atoms with Gasteiger partial charge in [0.2, 0.25) is 5.95 Å². The zero-order valence-corrected chi connectivity index (χ0v) is 15.4. The molecule has 3 heterocycles. The largest absolute Gasteiger partial charge is 0.352 e. The van der Waals surface area contributed by atoms with E-state index in [2.05, 4.69) is 35.3 Å². The minimum absolute atomic E-state index is 0.228. The molecule has 0 bridgehead atoms. The molecule has 1 fully saturated rings. The number of piperazine rings is 1. The first-order valence-electron chi connectivity index (χ1n) is 9.22. The predicted octanol–water partition coefficient (Wildman–Crippen LogP) is 1.52. The third-order valence-corrected chi connectivity index (χ3v) is 4.62. The fourth-order valence-electron chi connectivity index (χ4n) is 3.07. The Hall–Kier alpha value is -3.55. The van der Waals surface area contributed by atoms with Gasteiger partial charge in [-0.05, 0) is 23.8 Å². The Morgan fingerprint density at radius 3 is 2.25 bits per heavy atom. The van der Waals surface area contributed by atoms with Crippen LogP contribution in [-0.4, -0.2) is 52.3 Å². The molecule has 1 aliphatic heterocycles. The maximum absolute atomic E-state index is 12.3. The number of carbonyl (C=O) groups excluding carboxylic acids is 1. The van der Waals surface area contributed by atoms with Gasteiger partial charge in [-0.25, -0.2) is 9.97 Å². The number of carbonyl (C=O) groups is 1. The summed E-state index contributed by atoms with van der Waals surface area (Å²) in [6.07, 6.45) is 3.50. The maximum Gasteiger partial charge on any atom is 0.272 e. The Labute approximate surface area is 163 Å². The fourth-order valence-corrected chi connectivity index (χ4v) is 3.07. The Morgan fingerprint density at radius 1 is 0.857 bits per heavy atom. The van der Waals surface area contributed by atoms with Gasteiger partial charge in [0.15, 0.2) is 11.5 Å². The summed E-state index contributed by atoms with van der Waals surface area (Å²) in [5.74, 6) is 1.29. The summed E-state index contributed by atoms with van der Waals surface area (Å²) < 4.78 is 0. The highest BCUT2D eigenvalue weighted by Crippen LogP contribution is 2.15. The van der Waals surface area contributed by atoms with E-state index in [0.29, 0.717) is 12.2 Å². The Morgan fingerprint density at radius 2 is 1.57 bits per heavy atom. The molecule has 3 aromatic rings. The van der Waals surface area contributed by atoms with Crippen molar-refractivity contribution in [3.05, 3.63) is 72.2 Å². The number of amides is 1. The van der Waals surface area contributed by atoms with Crippen LogP contribution in [0.25, 0.3) is 0 Å². The summed E-state index contributed by atoms with van der Waals surface area (Å²) in [6, 6.07) is 15.1. The molecular weight excluding hydrogens is 354 g/mol. The van der Waals surface area contributed by atoms with Crippen LogP contribution in [-0.2, 0) is 6.54 Å². The van der Waals surface area contributed by atoms with E-state index in [0.717, 1.165) is 43.5 Å². The zero-order chi connectivity index (χ0) is 19.2. The van der Waals surface area contributed by atoms with Crippen LogP contribution in [0.15, 0.2) is 60.9 Å². The van der Waals surface area contributed by atoms with Gasteiger partial charge in [-0.3, -0.25) is 4.79 Å². The monoisotopic (exact) mass is 375 g/mol. The van der Waals surface area contributed by atoms with Crippen molar-refractivity contribution in [2.24, 2.45) is 0 Å². The molecule has 1 saturated heterocycles. The molecule has 8 heteroatoms. The first kappa shape index (κ1) is 17.8. The maximum atomic E-state index is 12.3. The highest BCUT2D eigenvalue weighted by molar-refractivity contribution is 5.92. The SMILES string of the molecule is O=C(NCc1ccccc1)c1ccc(N2CCN(c3ncccn3)CC2)nn1. The number of nitrogens with one attached hydrogen (secondary N) is 1. The normalized spacial score (nSPS) is 14.0. The second-order valence-corrected chi connectivity index (χ2v) is 6.47. The topological polar surface area (TPSA) is 87.1 Å². The molecule has 0 spiro atoms. The van der Waals surface area contributed by atoms with Gasteiger partial charge in [-0.2, -0.15) is 0 Å². The van der Waals surface area contributed by atoms with Crippen LogP contribution in [0.4, 0.5) is 11.8 Å². The van der Waals surface area contributed by atoms with Crippen molar-refractivity contribution in [2.75, 3.05) is 36.0 Å². The van der Waals surface area contributed by atoms with Gasteiger partial charge in [0.25, 0.3) is 5.91 Å². The van der Waals surface area contributed by atoms with Gasteiger partial charge < -0.3 is 15.1 Å². The molecule has 2 aromatic heterocycles. The lowest BCUT2D eigenvalue weighted by atomic mass is 10.2. The van der Waals surface area contributed by atoms with E-state index in [1.807, 2.05) is 42.5 Å². The predicted molar refractivity (Wildman–Crippen MR) is 106 cm³/mol. The molecule has 1 amide bonds. The van der Waals surface area contributed by atoms with E-state index >= 15 is 0 Å². The number of aromatic nitrogens is 4. The quantitative estimate of drug-likeness (QED) is 0.723. The second kappa shape index (κ2) is 8.43. The van der Waals surface area contributed by atoms with E-state index in [9.17, 15) is 4.79 Å². The molecule has 1 N–H and O–H groups in total. The first-order chi connectivity index (χ1) is 13.8. The van der Waals surface area contributed by atoms with Crippen LogP contribution in [0.2, 0.25) is 0 Å². The second-order valence-electron chi connectivity index (χ2n) is 6.47. The van der Waals surface area contributed by atoms with Crippen molar-refractivity contribution in [2.45, 2.75) is 6.54 Å². The van der Waals surface area contributed by atoms with Gasteiger partial charge in [-0.15, -0.1) is 10.2 Å². The van der Waals surface area contributed by atoms with Crippen LogP contribution in [0.5, 0.6) is 0 Å². The van der Waals surface area contributed by atoms with Crippen molar-refractivity contribution in [1.29, 1.82) is 0 Å². The molecule has 1 aromatic carbocycles. The number of hydrogen-bond acceptors (Lipinski definition) is 7. The molecule has 0 radical (unpaired) electrons. The molecule has 28 heavy (non-hydrogen) atoms. The third kappa shape index (κ3) is 4.22. The van der Waals surface area contributed by atoms with Gasteiger partial charge in [0.05, 0.1) is 0 Å². The smallest absolute Gasteiger partial charge is 0.272 e. The summed E-state index contributed by atoms with van der Waals surface area (Å²) in [4.78, 5) is 25.1. The van der Waals surface area contributed by atoms with Crippen molar-refractivity contribution in [1.82, 2.24) is 25.5 Å². The molecule has 0 aliphatic carbocycles. The molecule has 4 rings (SSSR count). The van der Waals surface area contributed by atoms with E-state index in [4.69, 9.17) is 0 Å². The van der Waals surface area contributed by atoms with Crippen molar-refractivity contribution >= 4 is 17.7 Å². The van der Waals surface area contributed by atoms with Gasteiger partial charge in [0.1, 0.15) is 0 Å². The van der Waals surface area contributed by atoms with Crippen molar-refractivity contribution < 1.29 is 4.79 Å². The average molecular weight is 375 g/mol. The van der Waals surface area contributed by atoms with Crippen molar-refractivity contribution in [3.8, 4) is 0 Å². The van der Waals surface area contributed by atoms with E-state index < -0.39 is 0 Å². The standard InChI is InChI=1S/C20H21N7O/c28-19(23-15-16-5-2-1-3-6-16)17-7-8-18(25-24-17)26-11-13-27(14-12-26)20-21-9-4-10-22-20/h1-10H,11-15H2,(H,23,28). The lowest BCUT2D eigenvalue weighted by Crippen LogP contribution is -2.47. The zero-order valence-electron chi connectivity index (χ0n) is 15.4.